The number of anilines is 1. The maximum atomic E-state index is 12.4. The van der Waals surface area contributed by atoms with Gasteiger partial charge in [-0.05, 0) is 42.7 Å². The zero-order chi connectivity index (χ0) is 17.9. The molecule has 0 aliphatic carbocycles. The highest BCUT2D eigenvalue weighted by Gasteiger charge is 2.16. The lowest BCUT2D eigenvalue weighted by molar-refractivity contribution is 0.600. The molecule has 1 aromatic heterocycles. The van der Waals surface area contributed by atoms with Crippen LogP contribution in [-0.4, -0.2) is 23.6 Å². The summed E-state index contributed by atoms with van der Waals surface area (Å²) in [4.78, 5) is 4.39. The predicted molar refractivity (Wildman–Crippen MR) is 99.1 cm³/mol. The van der Waals surface area contributed by atoms with Gasteiger partial charge in [0.25, 0.3) is 10.0 Å². The SMILES string of the molecule is Cc1cccc(S(=O)(=O)Nc2nc(SCc3ccccc3C)n[nH]2)c1. The van der Waals surface area contributed by atoms with Crippen LogP contribution in [0.4, 0.5) is 5.95 Å². The van der Waals surface area contributed by atoms with E-state index >= 15 is 0 Å². The van der Waals surface area contributed by atoms with Gasteiger partial charge in [0.05, 0.1) is 4.90 Å². The minimum absolute atomic E-state index is 0.105. The van der Waals surface area contributed by atoms with Crippen LogP contribution in [0.15, 0.2) is 58.6 Å². The lowest BCUT2D eigenvalue weighted by atomic mass is 10.1. The number of benzene rings is 2. The van der Waals surface area contributed by atoms with Gasteiger partial charge in [0.15, 0.2) is 0 Å². The van der Waals surface area contributed by atoms with E-state index in [1.165, 1.54) is 22.9 Å². The highest BCUT2D eigenvalue weighted by atomic mass is 32.2. The third-order valence-corrected chi connectivity index (χ3v) is 5.85. The second kappa shape index (κ2) is 7.28. The van der Waals surface area contributed by atoms with Crippen LogP contribution in [0.5, 0.6) is 0 Å². The fourth-order valence-electron chi connectivity index (χ4n) is 2.24. The molecular formula is C17H18N4O2S2. The molecule has 130 valence electrons. The van der Waals surface area contributed by atoms with Gasteiger partial charge in [-0.1, -0.05) is 48.2 Å². The molecule has 0 amide bonds. The molecule has 0 aliphatic heterocycles. The van der Waals surface area contributed by atoms with Gasteiger partial charge in [-0.15, -0.1) is 5.10 Å². The molecule has 0 saturated heterocycles. The monoisotopic (exact) mass is 374 g/mol. The van der Waals surface area contributed by atoms with Crippen LogP contribution < -0.4 is 4.72 Å². The van der Waals surface area contributed by atoms with Crippen LogP contribution in [0.2, 0.25) is 0 Å². The third kappa shape index (κ3) is 4.40. The number of aromatic nitrogens is 3. The second-order valence-electron chi connectivity index (χ2n) is 5.60. The summed E-state index contributed by atoms with van der Waals surface area (Å²) >= 11 is 1.44. The van der Waals surface area contributed by atoms with Gasteiger partial charge < -0.3 is 0 Å². The van der Waals surface area contributed by atoms with Crippen molar-refractivity contribution in [3.63, 3.8) is 0 Å². The van der Waals surface area contributed by atoms with Crippen LogP contribution >= 0.6 is 11.8 Å². The molecule has 3 rings (SSSR count). The van der Waals surface area contributed by atoms with Crippen molar-refractivity contribution in [3.05, 3.63) is 65.2 Å². The van der Waals surface area contributed by atoms with E-state index in [1.807, 2.05) is 25.1 Å². The third-order valence-electron chi connectivity index (χ3n) is 3.61. The van der Waals surface area contributed by atoms with Gasteiger partial charge >= 0.3 is 0 Å². The van der Waals surface area contributed by atoms with Crippen molar-refractivity contribution in [2.45, 2.75) is 29.7 Å². The van der Waals surface area contributed by atoms with Crippen molar-refractivity contribution >= 4 is 27.7 Å². The Labute approximate surface area is 151 Å². The van der Waals surface area contributed by atoms with E-state index < -0.39 is 10.0 Å². The van der Waals surface area contributed by atoms with Crippen molar-refractivity contribution in [1.82, 2.24) is 15.2 Å². The Hall–Kier alpha value is -2.32. The molecule has 0 unspecified atom stereocenters. The predicted octanol–water partition coefficient (Wildman–Crippen LogP) is 3.51. The van der Waals surface area contributed by atoms with E-state index in [0.29, 0.717) is 10.9 Å². The molecule has 8 heteroatoms. The minimum Gasteiger partial charge on any atom is -0.248 e. The molecule has 3 aromatic rings. The number of nitrogens with zero attached hydrogens (tertiary/aromatic N) is 2. The molecule has 0 spiro atoms. The summed E-state index contributed by atoms with van der Waals surface area (Å²) in [6.07, 6.45) is 0. The van der Waals surface area contributed by atoms with Gasteiger partial charge in [-0.3, -0.25) is 0 Å². The molecular weight excluding hydrogens is 356 g/mol. The molecule has 0 aliphatic rings. The number of aryl methyl sites for hydroxylation is 2. The van der Waals surface area contributed by atoms with Crippen LogP contribution in [0.25, 0.3) is 0 Å². The average Bonchev–Trinajstić information content (AvgIpc) is 3.01. The first-order chi connectivity index (χ1) is 11.9. The zero-order valence-corrected chi connectivity index (χ0v) is 15.5. The number of thioether (sulfide) groups is 1. The highest BCUT2D eigenvalue weighted by Crippen LogP contribution is 2.22. The number of hydrogen-bond donors (Lipinski definition) is 2. The molecule has 0 saturated carbocycles. The van der Waals surface area contributed by atoms with E-state index in [2.05, 4.69) is 39.0 Å². The Morgan fingerprint density at radius 2 is 1.92 bits per heavy atom. The molecule has 0 radical (unpaired) electrons. The molecule has 0 fully saturated rings. The summed E-state index contributed by atoms with van der Waals surface area (Å²) in [6.45, 7) is 3.89. The summed E-state index contributed by atoms with van der Waals surface area (Å²) in [5.74, 6) is 0.822. The van der Waals surface area contributed by atoms with E-state index in [0.717, 1.165) is 5.56 Å². The number of nitrogens with one attached hydrogen (secondary N) is 2. The first-order valence-electron chi connectivity index (χ1n) is 7.63. The Balaban J connectivity index is 1.68. The Morgan fingerprint density at radius 3 is 2.68 bits per heavy atom. The molecule has 1 heterocycles. The van der Waals surface area contributed by atoms with Crippen molar-refractivity contribution in [2.24, 2.45) is 0 Å². The molecule has 2 N–H and O–H groups in total. The lowest BCUT2D eigenvalue weighted by Gasteiger charge is -2.05. The van der Waals surface area contributed by atoms with Gasteiger partial charge in [0.2, 0.25) is 11.1 Å². The highest BCUT2D eigenvalue weighted by molar-refractivity contribution is 7.98. The van der Waals surface area contributed by atoms with Gasteiger partial charge in [0, 0.05) is 5.75 Å². The number of rotatable bonds is 6. The van der Waals surface area contributed by atoms with E-state index in [4.69, 9.17) is 0 Å². The van der Waals surface area contributed by atoms with Gasteiger partial charge in [0.1, 0.15) is 0 Å². The van der Waals surface area contributed by atoms with E-state index in [9.17, 15) is 8.42 Å². The fourth-order valence-corrected chi connectivity index (χ4v) is 4.18. The topological polar surface area (TPSA) is 87.7 Å². The maximum Gasteiger partial charge on any atom is 0.264 e. The summed E-state index contributed by atoms with van der Waals surface area (Å²) in [5.41, 5.74) is 3.26. The van der Waals surface area contributed by atoms with Crippen molar-refractivity contribution in [1.29, 1.82) is 0 Å². The normalized spacial score (nSPS) is 11.4. The van der Waals surface area contributed by atoms with E-state index in [-0.39, 0.29) is 10.8 Å². The van der Waals surface area contributed by atoms with E-state index in [1.54, 1.807) is 18.2 Å². The van der Waals surface area contributed by atoms with Gasteiger partial charge in [-0.2, -0.15) is 4.98 Å². The number of hydrogen-bond acceptors (Lipinski definition) is 5. The standard InChI is InChI=1S/C17H18N4O2S2/c1-12-6-5-9-15(10-12)25(22,23)21-16-18-17(20-19-16)24-11-14-8-4-3-7-13(14)2/h3-10H,11H2,1-2H3,(H2,18,19,20,21). The minimum atomic E-state index is -3.69. The molecule has 0 bridgehead atoms. The first kappa shape index (κ1) is 17.5. The van der Waals surface area contributed by atoms with Crippen LogP contribution in [0.3, 0.4) is 0 Å². The molecule has 2 aromatic carbocycles. The zero-order valence-electron chi connectivity index (χ0n) is 13.9. The molecule has 25 heavy (non-hydrogen) atoms. The average molecular weight is 374 g/mol. The first-order valence-corrected chi connectivity index (χ1v) is 10.1. The van der Waals surface area contributed by atoms with Crippen molar-refractivity contribution in [2.75, 3.05) is 4.72 Å². The summed E-state index contributed by atoms with van der Waals surface area (Å²) in [5, 5.41) is 7.17. The largest absolute Gasteiger partial charge is 0.264 e. The lowest BCUT2D eigenvalue weighted by Crippen LogP contribution is -2.14. The number of H-pyrrole nitrogens is 1. The maximum absolute atomic E-state index is 12.4. The quantitative estimate of drug-likeness (QED) is 0.645. The fraction of sp³-hybridized carbons (Fsp3) is 0.176. The van der Waals surface area contributed by atoms with Gasteiger partial charge in [-0.25, -0.2) is 18.2 Å². The van der Waals surface area contributed by atoms with Crippen LogP contribution in [-0.2, 0) is 15.8 Å². The number of sulfonamides is 1. The molecule has 6 nitrogen and oxygen atoms in total. The van der Waals surface area contributed by atoms with Crippen molar-refractivity contribution in [3.8, 4) is 0 Å². The molecule has 0 atom stereocenters. The number of aromatic amines is 1. The smallest absolute Gasteiger partial charge is 0.248 e. The summed E-state index contributed by atoms with van der Waals surface area (Å²) < 4.78 is 27.2. The summed E-state index contributed by atoms with van der Waals surface area (Å²) in [6, 6.07) is 14.8. The Bertz CT molecular complexity index is 984. The van der Waals surface area contributed by atoms with Crippen LogP contribution in [0, 0.1) is 13.8 Å². The van der Waals surface area contributed by atoms with Crippen molar-refractivity contribution < 1.29 is 8.42 Å². The Kier molecular flexibility index (Phi) is 5.10. The van der Waals surface area contributed by atoms with Crippen LogP contribution in [0.1, 0.15) is 16.7 Å². The summed E-state index contributed by atoms with van der Waals surface area (Å²) in [7, 11) is -3.69. The second-order valence-corrected chi connectivity index (χ2v) is 8.23. The Morgan fingerprint density at radius 1 is 1.12 bits per heavy atom.